The highest BCUT2D eigenvalue weighted by Crippen LogP contribution is 2.26. The molecule has 0 bridgehead atoms. The van der Waals surface area contributed by atoms with E-state index >= 15 is 0 Å². The van der Waals surface area contributed by atoms with Gasteiger partial charge in [0.1, 0.15) is 5.60 Å². The summed E-state index contributed by atoms with van der Waals surface area (Å²) in [5.41, 5.74) is 3.30. The molecule has 3 amide bonds. The minimum absolute atomic E-state index is 0.129. The summed E-state index contributed by atoms with van der Waals surface area (Å²) in [7, 11) is 0. The van der Waals surface area contributed by atoms with Crippen LogP contribution in [0.15, 0.2) is 90.3 Å². The molecule has 2 N–H and O–H groups in total. The zero-order valence-corrected chi connectivity index (χ0v) is 24.4. The molecule has 0 aliphatic heterocycles. The Bertz CT molecular complexity index is 1470. The van der Waals surface area contributed by atoms with E-state index in [-0.39, 0.29) is 24.4 Å². The van der Waals surface area contributed by atoms with Crippen LogP contribution in [0, 0.1) is 0 Å². The zero-order valence-electron chi connectivity index (χ0n) is 23.6. The summed E-state index contributed by atoms with van der Waals surface area (Å²) < 4.78 is 5.26. The quantitative estimate of drug-likeness (QED) is 0.234. The topological polar surface area (TPSA) is 101 Å². The van der Waals surface area contributed by atoms with Gasteiger partial charge in [-0.25, -0.2) is 9.78 Å². The SMILES string of the molecule is C[C@@H](c1ccccc1)N(Cc1ccccc1)C(=O)CNC(=O)c1ccc(-c2csc(NC(=O)OC(C)(C)C)n2)cc1. The van der Waals surface area contributed by atoms with Gasteiger partial charge in [-0.1, -0.05) is 72.8 Å². The number of rotatable bonds is 9. The Morgan fingerprint density at radius 1 is 0.927 bits per heavy atom. The first-order chi connectivity index (χ1) is 19.6. The van der Waals surface area contributed by atoms with Gasteiger partial charge in [0.2, 0.25) is 5.91 Å². The van der Waals surface area contributed by atoms with E-state index in [9.17, 15) is 14.4 Å². The highest BCUT2D eigenvalue weighted by molar-refractivity contribution is 7.14. The maximum absolute atomic E-state index is 13.4. The van der Waals surface area contributed by atoms with Crippen LogP contribution in [0.1, 0.15) is 55.2 Å². The zero-order chi connectivity index (χ0) is 29.4. The standard InChI is InChI=1S/C32H34N4O4S/c1-22(24-13-9-6-10-14-24)36(20-23-11-7-5-8-12-23)28(37)19-33-29(38)26-17-15-25(16-18-26)27-21-41-30(34-27)35-31(39)40-32(2,3)4/h5-18,21-22H,19-20H2,1-4H3,(H,33,38)(H,34,35,39)/t22-/m0/s1. The van der Waals surface area contributed by atoms with Gasteiger partial charge in [0.15, 0.2) is 5.13 Å². The number of ether oxygens (including phenoxy) is 1. The number of hydrogen-bond donors (Lipinski definition) is 2. The molecular weight excluding hydrogens is 536 g/mol. The molecule has 9 heteroatoms. The van der Waals surface area contributed by atoms with Gasteiger partial charge in [-0.3, -0.25) is 14.9 Å². The van der Waals surface area contributed by atoms with Crippen LogP contribution >= 0.6 is 11.3 Å². The number of hydrogen-bond acceptors (Lipinski definition) is 6. The van der Waals surface area contributed by atoms with Crippen molar-refractivity contribution < 1.29 is 19.1 Å². The number of nitrogens with one attached hydrogen (secondary N) is 2. The predicted octanol–water partition coefficient (Wildman–Crippen LogP) is 6.68. The fourth-order valence-electron chi connectivity index (χ4n) is 4.14. The van der Waals surface area contributed by atoms with Crippen molar-refractivity contribution in [2.45, 2.75) is 45.9 Å². The van der Waals surface area contributed by atoms with E-state index in [2.05, 4.69) is 15.6 Å². The number of nitrogens with zero attached hydrogens (tertiary/aromatic N) is 2. The lowest BCUT2D eigenvalue weighted by molar-refractivity contribution is -0.133. The summed E-state index contributed by atoms with van der Waals surface area (Å²) in [4.78, 5) is 44.5. The molecule has 0 radical (unpaired) electrons. The van der Waals surface area contributed by atoms with Gasteiger partial charge in [-0.15, -0.1) is 11.3 Å². The molecular formula is C32H34N4O4S. The fourth-order valence-corrected chi connectivity index (χ4v) is 4.84. The van der Waals surface area contributed by atoms with Crippen LogP contribution in [0.25, 0.3) is 11.3 Å². The summed E-state index contributed by atoms with van der Waals surface area (Å²) in [5, 5.41) is 7.64. The van der Waals surface area contributed by atoms with E-state index in [0.717, 1.165) is 16.7 Å². The molecule has 0 unspecified atom stereocenters. The molecule has 1 aromatic heterocycles. The number of amides is 3. The molecule has 0 spiro atoms. The minimum atomic E-state index is -0.606. The normalized spacial score (nSPS) is 11.8. The van der Waals surface area contributed by atoms with Crippen molar-refractivity contribution in [1.82, 2.24) is 15.2 Å². The van der Waals surface area contributed by atoms with E-state index in [1.165, 1.54) is 11.3 Å². The van der Waals surface area contributed by atoms with E-state index < -0.39 is 11.7 Å². The summed E-state index contributed by atoms with van der Waals surface area (Å²) in [6, 6.07) is 26.4. The first kappa shape index (κ1) is 29.5. The van der Waals surface area contributed by atoms with Crippen LogP contribution in [0.4, 0.5) is 9.93 Å². The van der Waals surface area contributed by atoms with E-state index in [1.54, 1.807) is 49.9 Å². The van der Waals surface area contributed by atoms with Gasteiger partial charge >= 0.3 is 6.09 Å². The fraction of sp³-hybridized carbons (Fsp3) is 0.250. The number of carbonyl (C=O) groups is 3. The smallest absolute Gasteiger partial charge is 0.413 e. The van der Waals surface area contributed by atoms with Crippen molar-refractivity contribution in [1.29, 1.82) is 0 Å². The number of anilines is 1. The van der Waals surface area contributed by atoms with Crippen molar-refractivity contribution >= 4 is 34.4 Å². The van der Waals surface area contributed by atoms with Crippen molar-refractivity contribution in [2.24, 2.45) is 0 Å². The highest BCUT2D eigenvalue weighted by atomic mass is 32.1. The molecule has 0 saturated heterocycles. The second kappa shape index (κ2) is 13.2. The molecule has 0 aliphatic carbocycles. The van der Waals surface area contributed by atoms with Crippen molar-refractivity contribution in [3.8, 4) is 11.3 Å². The second-order valence-corrected chi connectivity index (χ2v) is 11.4. The van der Waals surface area contributed by atoms with Crippen molar-refractivity contribution in [2.75, 3.05) is 11.9 Å². The van der Waals surface area contributed by atoms with Gasteiger partial charge in [0.25, 0.3) is 5.91 Å². The largest absolute Gasteiger partial charge is 0.444 e. The minimum Gasteiger partial charge on any atom is -0.444 e. The molecule has 4 rings (SSSR count). The Kier molecular flexibility index (Phi) is 9.52. The average Bonchev–Trinajstić information content (AvgIpc) is 3.42. The van der Waals surface area contributed by atoms with Crippen molar-refractivity contribution in [3.05, 3.63) is 107 Å². The summed E-state index contributed by atoms with van der Waals surface area (Å²) in [6.45, 7) is 7.66. The maximum Gasteiger partial charge on any atom is 0.413 e. The van der Waals surface area contributed by atoms with Crippen LogP contribution < -0.4 is 10.6 Å². The first-order valence-electron chi connectivity index (χ1n) is 13.3. The Morgan fingerprint density at radius 3 is 2.20 bits per heavy atom. The van der Waals surface area contributed by atoms with E-state index in [1.807, 2.05) is 73.0 Å². The molecule has 0 aliphatic rings. The van der Waals surface area contributed by atoms with Crippen LogP contribution in [0.3, 0.4) is 0 Å². The molecule has 3 aromatic carbocycles. The molecule has 41 heavy (non-hydrogen) atoms. The van der Waals surface area contributed by atoms with Crippen LogP contribution in [-0.2, 0) is 16.1 Å². The monoisotopic (exact) mass is 570 g/mol. The van der Waals surface area contributed by atoms with Crippen LogP contribution in [0.5, 0.6) is 0 Å². The Labute approximate surface area is 244 Å². The van der Waals surface area contributed by atoms with Crippen molar-refractivity contribution in [3.63, 3.8) is 0 Å². The van der Waals surface area contributed by atoms with Gasteiger partial charge in [-0.05, 0) is 51.0 Å². The number of benzene rings is 3. The third-order valence-corrected chi connectivity index (χ3v) is 6.98. The summed E-state index contributed by atoms with van der Waals surface area (Å²) in [5.74, 6) is -0.523. The Balaban J connectivity index is 1.38. The Morgan fingerprint density at radius 2 is 1.56 bits per heavy atom. The molecule has 4 aromatic rings. The third-order valence-electron chi connectivity index (χ3n) is 6.22. The van der Waals surface area contributed by atoms with Gasteiger partial charge in [0.05, 0.1) is 18.3 Å². The molecule has 1 heterocycles. The summed E-state index contributed by atoms with van der Waals surface area (Å²) >= 11 is 1.28. The van der Waals surface area contributed by atoms with Gasteiger partial charge in [-0.2, -0.15) is 0 Å². The lowest BCUT2D eigenvalue weighted by atomic mass is 10.1. The Hall–Kier alpha value is -4.50. The van der Waals surface area contributed by atoms with E-state index in [0.29, 0.717) is 22.9 Å². The molecule has 212 valence electrons. The second-order valence-electron chi connectivity index (χ2n) is 10.5. The van der Waals surface area contributed by atoms with Crippen LogP contribution in [-0.4, -0.2) is 39.9 Å². The number of thiazole rings is 1. The van der Waals surface area contributed by atoms with Gasteiger partial charge < -0.3 is 15.0 Å². The predicted molar refractivity (Wildman–Crippen MR) is 162 cm³/mol. The first-order valence-corrected chi connectivity index (χ1v) is 14.2. The lowest BCUT2D eigenvalue weighted by Crippen LogP contribution is -2.41. The molecule has 0 fully saturated rings. The third kappa shape index (κ3) is 8.49. The summed E-state index contributed by atoms with van der Waals surface area (Å²) in [6.07, 6.45) is -0.569. The van der Waals surface area contributed by atoms with E-state index in [4.69, 9.17) is 4.74 Å². The molecule has 0 saturated carbocycles. The average molecular weight is 571 g/mol. The highest BCUT2D eigenvalue weighted by Gasteiger charge is 2.23. The molecule has 8 nitrogen and oxygen atoms in total. The van der Waals surface area contributed by atoms with Crippen LogP contribution in [0.2, 0.25) is 0 Å². The maximum atomic E-state index is 13.4. The number of carbonyl (C=O) groups excluding carboxylic acids is 3. The lowest BCUT2D eigenvalue weighted by Gasteiger charge is -2.30. The number of aromatic nitrogens is 1. The van der Waals surface area contributed by atoms with Gasteiger partial charge in [0, 0.05) is 23.1 Å². The molecule has 1 atom stereocenters.